The van der Waals surface area contributed by atoms with Crippen LogP contribution in [0, 0.1) is 5.82 Å². The summed E-state index contributed by atoms with van der Waals surface area (Å²) >= 11 is 0. The summed E-state index contributed by atoms with van der Waals surface area (Å²) in [5.74, 6) is 0.486. The van der Waals surface area contributed by atoms with E-state index in [1.165, 1.54) is 12.1 Å². The van der Waals surface area contributed by atoms with Crippen LogP contribution in [0.5, 0.6) is 0 Å². The van der Waals surface area contributed by atoms with Crippen LogP contribution >= 0.6 is 24.0 Å². The summed E-state index contributed by atoms with van der Waals surface area (Å²) in [5, 5.41) is 6.52. The number of aliphatic imine (C=N–C) groups is 1. The Morgan fingerprint density at radius 1 is 1.36 bits per heavy atom. The van der Waals surface area contributed by atoms with E-state index in [0.717, 1.165) is 37.5 Å². The minimum atomic E-state index is -0.249. The highest BCUT2D eigenvalue weighted by atomic mass is 127. The zero-order chi connectivity index (χ0) is 17.4. The first-order valence-electron chi connectivity index (χ1n) is 8.51. The largest absolute Gasteiger partial charge is 0.375 e. The third-order valence-electron chi connectivity index (χ3n) is 4.20. The van der Waals surface area contributed by atoms with Gasteiger partial charge in [-0.05, 0) is 44.4 Å². The SMILES string of the molecule is CCNC(=NCC1(C)CCCO1)NCC(OC)c1ccc(F)cc1.I. The van der Waals surface area contributed by atoms with Crippen molar-refractivity contribution in [2.75, 3.05) is 33.4 Å². The van der Waals surface area contributed by atoms with Gasteiger partial charge in [0.05, 0.1) is 18.2 Å². The number of benzene rings is 1. The van der Waals surface area contributed by atoms with E-state index in [-0.39, 0.29) is 41.5 Å². The van der Waals surface area contributed by atoms with Crippen molar-refractivity contribution in [2.45, 2.75) is 38.4 Å². The molecule has 25 heavy (non-hydrogen) atoms. The number of hydrogen-bond donors (Lipinski definition) is 2. The van der Waals surface area contributed by atoms with Gasteiger partial charge in [-0.1, -0.05) is 12.1 Å². The second-order valence-corrected chi connectivity index (χ2v) is 6.25. The van der Waals surface area contributed by atoms with Crippen molar-refractivity contribution in [3.8, 4) is 0 Å². The number of rotatable bonds is 7. The molecule has 1 aliphatic rings. The zero-order valence-corrected chi connectivity index (χ0v) is 17.5. The van der Waals surface area contributed by atoms with Gasteiger partial charge in [-0.25, -0.2) is 4.39 Å². The van der Waals surface area contributed by atoms with Crippen LogP contribution in [0.15, 0.2) is 29.3 Å². The van der Waals surface area contributed by atoms with Crippen molar-refractivity contribution >= 4 is 29.9 Å². The molecule has 1 fully saturated rings. The lowest BCUT2D eigenvalue weighted by atomic mass is 10.0. The van der Waals surface area contributed by atoms with Gasteiger partial charge in [0, 0.05) is 26.8 Å². The Balaban J connectivity index is 0.00000312. The first-order valence-corrected chi connectivity index (χ1v) is 8.51. The highest BCUT2D eigenvalue weighted by Crippen LogP contribution is 2.25. The third kappa shape index (κ3) is 7.07. The van der Waals surface area contributed by atoms with Crippen molar-refractivity contribution in [3.63, 3.8) is 0 Å². The molecule has 0 aliphatic carbocycles. The molecule has 1 aromatic carbocycles. The Kier molecular flexibility index (Phi) is 9.66. The van der Waals surface area contributed by atoms with Crippen LogP contribution in [0.3, 0.4) is 0 Å². The average molecular weight is 465 g/mol. The van der Waals surface area contributed by atoms with Gasteiger partial charge in [0.15, 0.2) is 5.96 Å². The summed E-state index contributed by atoms with van der Waals surface area (Å²) in [6, 6.07) is 6.36. The fraction of sp³-hybridized carbons (Fsp3) is 0.611. The maximum atomic E-state index is 13.1. The molecule has 0 aromatic heterocycles. The summed E-state index contributed by atoms with van der Waals surface area (Å²) < 4.78 is 24.3. The number of nitrogens with zero attached hydrogens (tertiary/aromatic N) is 1. The Morgan fingerprint density at radius 3 is 2.64 bits per heavy atom. The molecule has 142 valence electrons. The van der Waals surface area contributed by atoms with E-state index >= 15 is 0 Å². The van der Waals surface area contributed by atoms with E-state index in [4.69, 9.17) is 9.47 Å². The van der Waals surface area contributed by atoms with Crippen LogP contribution in [0.4, 0.5) is 4.39 Å². The van der Waals surface area contributed by atoms with Crippen LogP contribution in [-0.2, 0) is 9.47 Å². The smallest absolute Gasteiger partial charge is 0.191 e. The molecule has 1 heterocycles. The maximum Gasteiger partial charge on any atom is 0.191 e. The molecule has 1 aromatic rings. The summed E-state index contributed by atoms with van der Waals surface area (Å²) in [6.07, 6.45) is 1.95. The average Bonchev–Trinajstić information content (AvgIpc) is 3.01. The first-order chi connectivity index (χ1) is 11.6. The first kappa shape index (κ1) is 22.1. The lowest BCUT2D eigenvalue weighted by Crippen LogP contribution is -2.41. The zero-order valence-electron chi connectivity index (χ0n) is 15.2. The molecule has 5 nitrogen and oxygen atoms in total. The van der Waals surface area contributed by atoms with Gasteiger partial charge in [-0.3, -0.25) is 4.99 Å². The normalized spacial score (nSPS) is 21.5. The number of nitrogens with one attached hydrogen (secondary N) is 2. The van der Waals surface area contributed by atoms with Crippen molar-refractivity contribution in [2.24, 2.45) is 4.99 Å². The fourth-order valence-electron chi connectivity index (χ4n) is 2.75. The predicted molar refractivity (Wildman–Crippen MR) is 109 cm³/mol. The molecule has 0 bridgehead atoms. The van der Waals surface area contributed by atoms with Gasteiger partial charge in [-0.15, -0.1) is 24.0 Å². The van der Waals surface area contributed by atoms with Gasteiger partial charge >= 0.3 is 0 Å². The van der Waals surface area contributed by atoms with Crippen molar-refractivity contribution in [3.05, 3.63) is 35.6 Å². The molecule has 0 spiro atoms. The molecular weight excluding hydrogens is 436 g/mol. The number of guanidine groups is 1. The Labute approximate surface area is 166 Å². The lowest BCUT2D eigenvalue weighted by Gasteiger charge is -2.22. The second kappa shape index (κ2) is 10.9. The quantitative estimate of drug-likeness (QED) is 0.369. The molecular formula is C18H29FIN3O2. The second-order valence-electron chi connectivity index (χ2n) is 6.25. The summed E-state index contributed by atoms with van der Waals surface area (Å²) in [5.41, 5.74) is 0.758. The number of methoxy groups -OCH3 is 1. The topological polar surface area (TPSA) is 54.9 Å². The molecule has 7 heteroatoms. The fourth-order valence-corrected chi connectivity index (χ4v) is 2.75. The summed E-state index contributed by atoms with van der Waals surface area (Å²) in [6.45, 7) is 6.88. The van der Waals surface area contributed by atoms with Gasteiger partial charge in [-0.2, -0.15) is 0 Å². The summed E-state index contributed by atoms with van der Waals surface area (Å²) in [4.78, 5) is 4.64. The van der Waals surface area contributed by atoms with Crippen molar-refractivity contribution < 1.29 is 13.9 Å². The molecule has 2 atom stereocenters. The number of hydrogen-bond acceptors (Lipinski definition) is 3. The molecule has 2 N–H and O–H groups in total. The summed E-state index contributed by atoms with van der Waals surface area (Å²) in [7, 11) is 1.65. The van der Waals surface area contributed by atoms with E-state index in [0.29, 0.717) is 13.1 Å². The van der Waals surface area contributed by atoms with Crippen LogP contribution in [-0.4, -0.2) is 44.9 Å². The van der Waals surface area contributed by atoms with Crippen molar-refractivity contribution in [1.29, 1.82) is 0 Å². The molecule has 1 saturated heterocycles. The Morgan fingerprint density at radius 2 is 2.08 bits per heavy atom. The van der Waals surface area contributed by atoms with Gasteiger partial charge in [0.1, 0.15) is 5.82 Å². The predicted octanol–water partition coefficient (Wildman–Crippen LogP) is 3.26. The van der Waals surface area contributed by atoms with E-state index in [2.05, 4.69) is 22.5 Å². The monoisotopic (exact) mass is 465 g/mol. The third-order valence-corrected chi connectivity index (χ3v) is 4.20. The lowest BCUT2D eigenvalue weighted by molar-refractivity contribution is 0.0283. The van der Waals surface area contributed by atoms with Gasteiger partial charge in [0.25, 0.3) is 0 Å². The minimum absolute atomic E-state index is 0. The van der Waals surface area contributed by atoms with Crippen LogP contribution in [0.1, 0.15) is 38.4 Å². The van der Waals surface area contributed by atoms with Crippen LogP contribution in [0.25, 0.3) is 0 Å². The Bertz CT molecular complexity index is 534. The van der Waals surface area contributed by atoms with Gasteiger partial charge in [0.2, 0.25) is 0 Å². The Hall–Kier alpha value is -0.930. The minimum Gasteiger partial charge on any atom is -0.375 e. The standard InChI is InChI=1S/C18H28FN3O2.HI/c1-4-20-17(22-13-18(2)10-5-11-24-18)21-12-16(23-3)14-6-8-15(19)9-7-14;/h6-9,16H,4-5,10-13H2,1-3H3,(H2,20,21,22);1H. The molecule has 0 saturated carbocycles. The molecule has 0 radical (unpaired) electrons. The van der Waals surface area contributed by atoms with Crippen molar-refractivity contribution in [1.82, 2.24) is 10.6 Å². The highest BCUT2D eigenvalue weighted by Gasteiger charge is 2.29. The molecule has 2 rings (SSSR count). The van der Waals surface area contributed by atoms with Gasteiger partial charge < -0.3 is 20.1 Å². The van der Waals surface area contributed by atoms with E-state index < -0.39 is 0 Å². The molecule has 2 unspecified atom stereocenters. The highest BCUT2D eigenvalue weighted by molar-refractivity contribution is 14.0. The number of halogens is 2. The number of ether oxygens (including phenoxy) is 2. The molecule has 0 amide bonds. The van der Waals surface area contributed by atoms with E-state index in [1.807, 2.05) is 6.92 Å². The van der Waals surface area contributed by atoms with Crippen LogP contribution < -0.4 is 10.6 Å². The van der Waals surface area contributed by atoms with E-state index in [1.54, 1.807) is 19.2 Å². The van der Waals surface area contributed by atoms with Crippen LogP contribution in [0.2, 0.25) is 0 Å². The van der Waals surface area contributed by atoms with E-state index in [9.17, 15) is 4.39 Å². The molecule has 1 aliphatic heterocycles. The maximum absolute atomic E-state index is 13.1.